The molecule has 0 bridgehead atoms. The van der Waals surface area contributed by atoms with Crippen molar-refractivity contribution in [1.29, 1.82) is 0 Å². The summed E-state index contributed by atoms with van der Waals surface area (Å²) in [5, 5.41) is 12.6. The summed E-state index contributed by atoms with van der Waals surface area (Å²) < 4.78 is 2.01. The van der Waals surface area contributed by atoms with E-state index >= 15 is 0 Å². The normalized spacial score (nSPS) is 11.8. The number of aromatic nitrogens is 3. The average Bonchev–Trinajstić information content (AvgIpc) is 3.23. The molecule has 1 heterocycles. The molecule has 3 aromatic carbocycles. The standard InChI is InChI=1S/C25H24N4OS/c1-18-13-15-22(16-14-18)29-24(21-11-7-4-8-12-21)27-28-25(29)31-17-23(30)26-19(2)20-9-5-3-6-10-20/h3-16,19H,17H2,1-2H3,(H,26,30)/t19-/m0/s1. The first-order valence-corrected chi connectivity index (χ1v) is 11.2. The minimum atomic E-state index is -0.0517. The maximum absolute atomic E-state index is 12.6. The first kappa shape index (κ1) is 20.9. The number of nitrogens with one attached hydrogen (secondary N) is 1. The third-order valence-corrected chi connectivity index (χ3v) is 5.90. The third kappa shape index (κ3) is 5.03. The fourth-order valence-electron chi connectivity index (χ4n) is 3.30. The van der Waals surface area contributed by atoms with Gasteiger partial charge in [0.05, 0.1) is 11.8 Å². The molecule has 4 rings (SSSR count). The van der Waals surface area contributed by atoms with E-state index in [0.29, 0.717) is 5.16 Å². The zero-order valence-electron chi connectivity index (χ0n) is 17.5. The smallest absolute Gasteiger partial charge is 0.230 e. The molecule has 1 amide bonds. The molecule has 1 N–H and O–H groups in total. The molecule has 0 spiro atoms. The Kier molecular flexibility index (Phi) is 6.48. The van der Waals surface area contributed by atoms with Crippen molar-refractivity contribution in [3.63, 3.8) is 0 Å². The van der Waals surface area contributed by atoms with Crippen LogP contribution in [-0.2, 0) is 4.79 Å². The van der Waals surface area contributed by atoms with Crippen LogP contribution in [0, 0.1) is 6.92 Å². The van der Waals surface area contributed by atoms with Crippen molar-refractivity contribution in [1.82, 2.24) is 20.1 Å². The topological polar surface area (TPSA) is 59.8 Å². The van der Waals surface area contributed by atoms with Crippen LogP contribution in [-0.4, -0.2) is 26.4 Å². The van der Waals surface area contributed by atoms with Crippen LogP contribution in [0.1, 0.15) is 24.1 Å². The van der Waals surface area contributed by atoms with Gasteiger partial charge in [-0.3, -0.25) is 9.36 Å². The maximum Gasteiger partial charge on any atom is 0.230 e. The molecule has 0 unspecified atom stereocenters. The van der Waals surface area contributed by atoms with Crippen molar-refractivity contribution in [3.05, 3.63) is 96.1 Å². The molecule has 0 aliphatic heterocycles. The lowest BCUT2D eigenvalue weighted by molar-refractivity contribution is -0.119. The Balaban J connectivity index is 1.55. The van der Waals surface area contributed by atoms with Crippen LogP contribution in [0.25, 0.3) is 17.1 Å². The molecule has 5 nitrogen and oxygen atoms in total. The van der Waals surface area contributed by atoms with Crippen molar-refractivity contribution in [2.24, 2.45) is 0 Å². The van der Waals surface area contributed by atoms with Crippen LogP contribution >= 0.6 is 11.8 Å². The first-order valence-electron chi connectivity index (χ1n) is 10.2. The van der Waals surface area contributed by atoms with Gasteiger partial charge in [0.2, 0.25) is 5.91 Å². The lowest BCUT2D eigenvalue weighted by atomic mass is 10.1. The van der Waals surface area contributed by atoms with Gasteiger partial charge in [0.15, 0.2) is 11.0 Å². The van der Waals surface area contributed by atoms with E-state index in [0.717, 1.165) is 22.6 Å². The molecular weight excluding hydrogens is 404 g/mol. The molecule has 4 aromatic rings. The Hall–Kier alpha value is -3.38. The summed E-state index contributed by atoms with van der Waals surface area (Å²) in [6.07, 6.45) is 0. The highest BCUT2D eigenvalue weighted by Crippen LogP contribution is 2.28. The van der Waals surface area contributed by atoms with E-state index in [1.165, 1.54) is 17.3 Å². The molecule has 1 aromatic heterocycles. The predicted molar refractivity (Wildman–Crippen MR) is 125 cm³/mol. The number of nitrogens with zero attached hydrogens (tertiary/aromatic N) is 3. The molecule has 6 heteroatoms. The molecule has 0 saturated carbocycles. The molecule has 31 heavy (non-hydrogen) atoms. The molecule has 1 atom stereocenters. The summed E-state index contributed by atoms with van der Waals surface area (Å²) in [6, 6.07) is 28.1. The molecular formula is C25H24N4OS. The maximum atomic E-state index is 12.6. The van der Waals surface area contributed by atoms with Gasteiger partial charge in [-0.15, -0.1) is 10.2 Å². The highest BCUT2D eigenvalue weighted by molar-refractivity contribution is 7.99. The van der Waals surface area contributed by atoms with Crippen molar-refractivity contribution in [2.45, 2.75) is 25.0 Å². The van der Waals surface area contributed by atoms with Gasteiger partial charge in [0.1, 0.15) is 0 Å². The number of thioether (sulfide) groups is 1. The van der Waals surface area contributed by atoms with Gasteiger partial charge in [0.25, 0.3) is 0 Å². The van der Waals surface area contributed by atoms with Gasteiger partial charge in [-0.05, 0) is 31.5 Å². The number of hydrogen-bond acceptors (Lipinski definition) is 4. The highest BCUT2D eigenvalue weighted by atomic mass is 32.2. The number of hydrogen-bond donors (Lipinski definition) is 1. The first-order chi connectivity index (χ1) is 15.1. The summed E-state index contributed by atoms with van der Waals surface area (Å²) in [5.74, 6) is 0.974. The summed E-state index contributed by atoms with van der Waals surface area (Å²) >= 11 is 1.38. The minimum absolute atomic E-state index is 0.0407. The van der Waals surface area contributed by atoms with Gasteiger partial charge < -0.3 is 5.32 Å². The van der Waals surface area contributed by atoms with Gasteiger partial charge in [-0.2, -0.15) is 0 Å². The van der Waals surface area contributed by atoms with E-state index < -0.39 is 0 Å². The lowest BCUT2D eigenvalue weighted by Gasteiger charge is -2.14. The van der Waals surface area contributed by atoms with E-state index in [1.54, 1.807) is 0 Å². The number of carbonyl (C=O) groups excluding carboxylic acids is 1. The largest absolute Gasteiger partial charge is 0.349 e. The monoisotopic (exact) mass is 428 g/mol. The van der Waals surface area contributed by atoms with E-state index in [-0.39, 0.29) is 17.7 Å². The molecule has 0 fully saturated rings. The predicted octanol–water partition coefficient (Wildman–Crippen LogP) is 5.21. The molecule has 0 saturated heterocycles. The minimum Gasteiger partial charge on any atom is -0.349 e. The van der Waals surface area contributed by atoms with Crippen LogP contribution in [0.2, 0.25) is 0 Å². The zero-order valence-corrected chi connectivity index (χ0v) is 18.3. The summed E-state index contributed by atoms with van der Waals surface area (Å²) in [5.41, 5.74) is 4.20. The number of rotatable bonds is 7. The quantitative estimate of drug-likeness (QED) is 0.411. The van der Waals surface area contributed by atoms with Crippen molar-refractivity contribution in [2.75, 3.05) is 5.75 Å². The third-order valence-electron chi connectivity index (χ3n) is 4.97. The summed E-state index contributed by atoms with van der Waals surface area (Å²) in [4.78, 5) is 12.6. The number of amides is 1. The van der Waals surface area contributed by atoms with Crippen LogP contribution < -0.4 is 5.32 Å². The second-order valence-electron chi connectivity index (χ2n) is 7.33. The SMILES string of the molecule is Cc1ccc(-n2c(SCC(=O)N[C@@H](C)c3ccccc3)nnc2-c2ccccc2)cc1. The van der Waals surface area contributed by atoms with Gasteiger partial charge in [-0.25, -0.2) is 0 Å². The number of aryl methyl sites for hydroxylation is 1. The highest BCUT2D eigenvalue weighted by Gasteiger charge is 2.18. The zero-order chi connectivity index (χ0) is 21.6. The Bertz CT molecular complexity index is 1140. The Morgan fingerprint density at radius 1 is 0.935 bits per heavy atom. The van der Waals surface area contributed by atoms with Gasteiger partial charge in [-0.1, -0.05) is 90.1 Å². The van der Waals surface area contributed by atoms with Crippen molar-refractivity contribution in [3.8, 4) is 17.1 Å². The van der Waals surface area contributed by atoms with Crippen molar-refractivity contribution >= 4 is 17.7 Å². The lowest BCUT2D eigenvalue weighted by Crippen LogP contribution is -2.28. The van der Waals surface area contributed by atoms with E-state index in [1.807, 2.05) is 84.3 Å². The van der Waals surface area contributed by atoms with Crippen LogP contribution in [0.15, 0.2) is 90.1 Å². The Morgan fingerprint density at radius 3 is 2.26 bits per heavy atom. The van der Waals surface area contributed by atoms with E-state index in [4.69, 9.17) is 0 Å². The van der Waals surface area contributed by atoms with Crippen LogP contribution in [0.3, 0.4) is 0 Å². The number of benzene rings is 3. The fourth-order valence-corrected chi connectivity index (χ4v) is 4.07. The summed E-state index contributed by atoms with van der Waals surface area (Å²) in [6.45, 7) is 4.04. The Labute approximate surface area is 186 Å². The fraction of sp³-hybridized carbons (Fsp3) is 0.160. The molecule has 156 valence electrons. The molecule has 0 aliphatic carbocycles. The van der Waals surface area contributed by atoms with E-state index in [9.17, 15) is 4.79 Å². The molecule has 0 aliphatic rings. The van der Waals surface area contributed by atoms with Gasteiger partial charge >= 0.3 is 0 Å². The molecule has 0 radical (unpaired) electrons. The van der Waals surface area contributed by atoms with Crippen molar-refractivity contribution < 1.29 is 4.79 Å². The van der Waals surface area contributed by atoms with Crippen LogP contribution in [0.4, 0.5) is 0 Å². The second kappa shape index (κ2) is 9.62. The number of carbonyl (C=O) groups is 1. The Morgan fingerprint density at radius 2 is 1.58 bits per heavy atom. The average molecular weight is 429 g/mol. The summed E-state index contributed by atoms with van der Waals surface area (Å²) in [7, 11) is 0. The van der Waals surface area contributed by atoms with E-state index in [2.05, 4.69) is 34.6 Å². The van der Waals surface area contributed by atoms with Crippen LogP contribution in [0.5, 0.6) is 0 Å². The van der Waals surface area contributed by atoms with Gasteiger partial charge in [0, 0.05) is 11.3 Å². The second-order valence-corrected chi connectivity index (χ2v) is 8.27.